The van der Waals surface area contributed by atoms with Gasteiger partial charge in [0.1, 0.15) is 0 Å². The molecule has 1 aliphatic heterocycles. The maximum absolute atomic E-state index is 10.3. The second kappa shape index (κ2) is 7.91. The van der Waals surface area contributed by atoms with Crippen molar-refractivity contribution in [2.24, 2.45) is 0 Å². The molecule has 0 aliphatic carbocycles. The Bertz CT molecular complexity index is 541. The molecule has 25 heavy (non-hydrogen) atoms. The first kappa shape index (κ1) is 20.6. The van der Waals surface area contributed by atoms with Crippen LogP contribution in [-0.2, 0) is 18.4 Å². The average molecular weight is 372 g/mol. The fraction of sp³-hybridized carbons (Fsp3) is 0.647. The van der Waals surface area contributed by atoms with Crippen LogP contribution in [0.1, 0.15) is 41.5 Å². The molecule has 1 aromatic carbocycles. The third kappa shape index (κ3) is 4.94. The summed E-state index contributed by atoms with van der Waals surface area (Å²) in [6.07, 6.45) is 0.0184. The minimum atomic E-state index is -3.28. The Labute approximate surface area is 151 Å². The summed E-state index contributed by atoms with van der Waals surface area (Å²) in [6, 6.07) is 7.46. The van der Waals surface area contributed by atoms with Gasteiger partial charge in [0.25, 0.3) is 0 Å². The van der Waals surface area contributed by atoms with Crippen molar-refractivity contribution in [1.29, 1.82) is 0 Å². The second-order valence-electron chi connectivity index (χ2n) is 7.02. The summed E-state index contributed by atoms with van der Waals surface area (Å²) >= 11 is 0. The van der Waals surface area contributed by atoms with Crippen LogP contribution in [-0.4, -0.2) is 42.8 Å². The molecule has 0 saturated carbocycles. The zero-order valence-corrected chi connectivity index (χ0v) is 17.0. The first-order valence-corrected chi connectivity index (χ1v) is 10.7. The van der Waals surface area contributed by atoms with Crippen molar-refractivity contribution in [3.63, 3.8) is 0 Å². The van der Waals surface area contributed by atoms with Gasteiger partial charge >= 0.3 is 151 Å². The first-order chi connectivity index (χ1) is 11.6. The molecule has 0 spiro atoms. The molecular weight excluding hydrogens is 342 g/mol. The van der Waals surface area contributed by atoms with E-state index in [9.17, 15) is 4.89 Å². The van der Waals surface area contributed by atoms with E-state index in [1.54, 1.807) is 0 Å². The Morgan fingerprint density at radius 1 is 0.960 bits per heavy atom. The van der Waals surface area contributed by atoms with Gasteiger partial charge in [-0.05, 0) is 0 Å². The van der Waals surface area contributed by atoms with Gasteiger partial charge in [-0.2, -0.15) is 0 Å². The average Bonchev–Trinajstić information content (AvgIpc) is 2.75. The van der Waals surface area contributed by atoms with E-state index in [0.29, 0.717) is 19.0 Å². The van der Waals surface area contributed by atoms with Gasteiger partial charge in [-0.25, -0.2) is 0 Å². The van der Waals surface area contributed by atoms with E-state index >= 15 is 0 Å². The van der Waals surface area contributed by atoms with Crippen LogP contribution in [0, 0.1) is 0 Å². The summed E-state index contributed by atoms with van der Waals surface area (Å²) in [7, 11) is -3.69. The van der Waals surface area contributed by atoms with E-state index in [2.05, 4.69) is 0 Å². The summed E-state index contributed by atoms with van der Waals surface area (Å²) in [6.45, 7) is 12.5. The van der Waals surface area contributed by atoms with Gasteiger partial charge in [0.05, 0.1) is 0 Å². The van der Waals surface area contributed by atoms with Crippen LogP contribution in [0.15, 0.2) is 24.3 Å². The molecule has 6 nitrogen and oxygen atoms in total. The van der Waals surface area contributed by atoms with E-state index in [4.69, 9.17) is 23.1 Å². The minimum absolute atomic E-state index is 0.0184. The summed E-state index contributed by atoms with van der Waals surface area (Å²) in [5, 5.41) is 0. The molecule has 1 heterocycles. The van der Waals surface area contributed by atoms with E-state index in [1.165, 1.54) is 0 Å². The van der Waals surface area contributed by atoms with Gasteiger partial charge < -0.3 is 0 Å². The van der Waals surface area contributed by atoms with Gasteiger partial charge in [0.15, 0.2) is 0 Å². The van der Waals surface area contributed by atoms with E-state index < -0.39 is 15.1 Å². The van der Waals surface area contributed by atoms with Gasteiger partial charge in [-0.15, -0.1) is 0 Å². The molecule has 1 N–H and O–H groups in total. The fourth-order valence-corrected chi connectivity index (χ4v) is 3.95. The Balaban J connectivity index is 1.99. The molecule has 1 aliphatic rings. The Kier molecular flexibility index (Phi) is 6.52. The van der Waals surface area contributed by atoms with Crippen molar-refractivity contribution in [3.05, 3.63) is 24.3 Å². The predicted octanol–water partition coefficient (Wildman–Crippen LogP) is 2.88. The predicted molar refractivity (Wildman–Crippen MR) is 101 cm³/mol. The number of benzene rings is 1. The molecule has 1 saturated heterocycles. The van der Waals surface area contributed by atoms with Crippen LogP contribution in [0.2, 0.25) is 0 Å². The SMILES string of the molecule is CCO[PH](O)(COc1ccc(B2OC(C)(C)C(C)(C)O2)cc1)OCC. The maximum atomic E-state index is 10.3. The van der Waals surface area contributed by atoms with Crippen molar-refractivity contribution in [2.75, 3.05) is 19.6 Å². The number of hydrogen-bond donors (Lipinski definition) is 1. The van der Waals surface area contributed by atoms with Crippen LogP contribution in [0.5, 0.6) is 5.75 Å². The van der Waals surface area contributed by atoms with Crippen LogP contribution in [0.4, 0.5) is 0 Å². The van der Waals surface area contributed by atoms with E-state index in [-0.39, 0.29) is 17.6 Å². The molecule has 0 amide bonds. The molecule has 142 valence electrons. The standard InChI is InChI=1S/C17H30BO6P/c1-7-21-25(19,22-8-2)13-20-15-11-9-14(10-12-15)18-23-16(3,4)17(5,6)24-18/h9-12,19,25H,7-8,13H2,1-6H3. The summed E-state index contributed by atoms with van der Waals surface area (Å²) in [4.78, 5) is 10.3. The van der Waals surface area contributed by atoms with Crippen molar-refractivity contribution in [3.8, 4) is 5.75 Å². The summed E-state index contributed by atoms with van der Waals surface area (Å²) in [5.41, 5.74) is 0.182. The van der Waals surface area contributed by atoms with Crippen LogP contribution >= 0.6 is 7.94 Å². The number of rotatable bonds is 8. The molecule has 0 unspecified atom stereocenters. The second-order valence-corrected chi connectivity index (χ2v) is 9.32. The molecule has 8 heteroatoms. The third-order valence-corrected chi connectivity index (χ3v) is 6.56. The first-order valence-electron chi connectivity index (χ1n) is 8.71. The van der Waals surface area contributed by atoms with Gasteiger partial charge in [-0.1, -0.05) is 0 Å². The van der Waals surface area contributed by atoms with Gasteiger partial charge in [0.2, 0.25) is 0 Å². The van der Waals surface area contributed by atoms with Crippen LogP contribution in [0.25, 0.3) is 0 Å². The Morgan fingerprint density at radius 3 is 1.88 bits per heavy atom. The summed E-state index contributed by atoms with van der Waals surface area (Å²) < 4.78 is 28.4. The molecule has 1 fully saturated rings. The van der Waals surface area contributed by atoms with Crippen LogP contribution < -0.4 is 10.2 Å². The number of ether oxygens (including phenoxy) is 1. The molecule has 2 rings (SSSR count). The topological polar surface area (TPSA) is 66.4 Å². The molecule has 0 aromatic heterocycles. The van der Waals surface area contributed by atoms with Crippen molar-refractivity contribution in [1.82, 2.24) is 0 Å². The summed E-state index contributed by atoms with van der Waals surface area (Å²) in [5.74, 6) is 0.630. The molecular formula is C17H30BO6P. The molecule has 1 aromatic rings. The van der Waals surface area contributed by atoms with Crippen molar-refractivity contribution in [2.45, 2.75) is 52.7 Å². The zero-order valence-electron chi connectivity index (χ0n) is 16.0. The molecule has 0 bridgehead atoms. The van der Waals surface area contributed by atoms with E-state index in [1.807, 2.05) is 65.8 Å². The molecule has 0 radical (unpaired) electrons. The van der Waals surface area contributed by atoms with Crippen LogP contribution in [0.3, 0.4) is 0 Å². The van der Waals surface area contributed by atoms with Gasteiger partial charge in [-0.3, -0.25) is 0 Å². The quantitative estimate of drug-likeness (QED) is 0.559. The van der Waals surface area contributed by atoms with Gasteiger partial charge in [0, 0.05) is 0 Å². The fourth-order valence-electron chi connectivity index (χ4n) is 2.45. The normalized spacial score (nSPS) is 19.9. The Hall–Kier alpha value is -0.685. The van der Waals surface area contributed by atoms with Crippen molar-refractivity contribution < 1.29 is 28.0 Å². The van der Waals surface area contributed by atoms with E-state index in [0.717, 1.165) is 5.46 Å². The van der Waals surface area contributed by atoms with Crippen molar-refractivity contribution >= 4 is 20.5 Å². The zero-order chi connectivity index (χ0) is 18.7. The third-order valence-electron chi connectivity index (χ3n) is 4.57. The number of hydrogen-bond acceptors (Lipinski definition) is 6. The molecule has 0 atom stereocenters. The Morgan fingerprint density at radius 2 is 1.44 bits per heavy atom. The monoisotopic (exact) mass is 372 g/mol.